The van der Waals surface area contributed by atoms with Gasteiger partial charge in [-0.25, -0.2) is 0 Å². The number of carbonyl (C=O) groups excluding carboxylic acids is 2. The van der Waals surface area contributed by atoms with Crippen molar-refractivity contribution in [3.05, 3.63) is 102 Å². The summed E-state index contributed by atoms with van der Waals surface area (Å²) < 4.78 is 0. The van der Waals surface area contributed by atoms with Gasteiger partial charge in [0, 0.05) is 17.8 Å². The van der Waals surface area contributed by atoms with Crippen molar-refractivity contribution >= 4 is 29.3 Å². The minimum Gasteiger partial charge on any atom is -0.326 e. The normalized spacial score (nSPS) is 16.1. The maximum Gasteiger partial charge on any atom is 0.255 e. The van der Waals surface area contributed by atoms with Gasteiger partial charge in [-0.05, 0) is 41.8 Å². The van der Waals surface area contributed by atoms with E-state index in [0.717, 1.165) is 17.7 Å². The Kier molecular flexibility index (Phi) is 5.96. The zero-order valence-electron chi connectivity index (χ0n) is 16.0. The van der Waals surface area contributed by atoms with Crippen LogP contribution in [0.1, 0.15) is 26.9 Å². The largest absolute Gasteiger partial charge is 0.326 e. The van der Waals surface area contributed by atoms with Gasteiger partial charge in [0.05, 0.1) is 5.75 Å². The summed E-state index contributed by atoms with van der Waals surface area (Å²) in [5.74, 6) is 0.524. The van der Waals surface area contributed by atoms with Crippen LogP contribution in [0.3, 0.4) is 0 Å². The number of hydrogen-bond acceptors (Lipinski definition) is 3. The topological polar surface area (TPSA) is 49.4 Å². The molecule has 0 aromatic heterocycles. The Morgan fingerprint density at radius 3 is 2.28 bits per heavy atom. The lowest BCUT2D eigenvalue weighted by molar-refractivity contribution is -0.128. The summed E-state index contributed by atoms with van der Waals surface area (Å²) in [6.45, 7) is 0.691. The number of nitrogens with one attached hydrogen (secondary N) is 1. The lowest BCUT2D eigenvalue weighted by Gasteiger charge is -2.24. The Morgan fingerprint density at radius 1 is 0.931 bits per heavy atom. The molecule has 0 bridgehead atoms. The van der Waals surface area contributed by atoms with E-state index in [0.29, 0.717) is 17.9 Å². The number of nitrogens with zero attached hydrogens (tertiary/aromatic N) is 1. The number of anilines is 1. The van der Waals surface area contributed by atoms with Gasteiger partial charge in [0.2, 0.25) is 5.91 Å². The summed E-state index contributed by atoms with van der Waals surface area (Å²) in [5, 5.41) is 2.89. The van der Waals surface area contributed by atoms with Crippen LogP contribution in [0.2, 0.25) is 0 Å². The highest BCUT2D eigenvalue weighted by molar-refractivity contribution is 8.00. The van der Waals surface area contributed by atoms with Crippen LogP contribution in [0.4, 0.5) is 5.69 Å². The monoisotopic (exact) mass is 402 g/mol. The maximum atomic E-state index is 12.4. The smallest absolute Gasteiger partial charge is 0.255 e. The molecule has 146 valence electrons. The highest BCUT2D eigenvalue weighted by atomic mass is 32.2. The highest BCUT2D eigenvalue weighted by Crippen LogP contribution is 2.38. The first-order chi connectivity index (χ1) is 14.2. The number of amides is 2. The van der Waals surface area contributed by atoms with Crippen molar-refractivity contribution in [2.75, 3.05) is 17.6 Å². The molecule has 1 fully saturated rings. The first-order valence-electron chi connectivity index (χ1n) is 9.62. The number of thioether (sulfide) groups is 1. The van der Waals surface area contributed by atoms with E-state index in [1.165, 1.54) is 5.56 Å². The Bertz CT molecular complexity index is 975. The lowest BCUT2D eigenvalue weighted by atomic mass is 10.1. The molecule has 0 aliphatic carbocycles. The summed E-state index contributed by atoms with van der Waals surface area (Å²) in [6.07, 6.45) is 0.835. The fraction of sp³-hybridized carbons (Fsp3) is 0.167. The van der Waals surface area contributed by atoms with Gasteiger partial charge in [0.15, 0.2) is 0 Å². The molecular weight excluding hydrogens is 380 g/mol. The Labute approximate surface area is 174 Å². The lowest BCUT2D eigenvalue weighted by Crippen LogP contribution is -2.30. The molecular formula is C24H22N2O2S. The summed E-state index contributed by atoms with van der Waals surface area (Å²) in [4.78, 5) is 26.8. The molecule has 1 saturated heterocycles. The van der Waals surface area contributed by atoms with E-state index in [9.17, 15) is 9.59 Å². The predicted octanol–water partition coefficient (Wildman–Crippen LogP) is 4.76. The molecule has 1 heterocycles. The number of benzene rings is 3. The van der Waals surface area contributed by atoms with Crippen LogP contribution in [-0.4, -0.2) is 29.0 Å². The van der Waals surface area contributed by atoms with E-state index < -0.39 is 0 Å². The number of hydrogen-bond donors (Lipinski definition) is 1. The molecule has 4 rings (SSSR count). The molecule has 1 atom stereocenters. The fourth-order valence-corrected chi connectivity index (χ4v) is 4.61. The standard InChI is InChI=1S/C24H22N2O2S/c27-22-17-29-24(26(22)16-15-18-7-3-1-4-8-18)20-13-11-19(12-14-20)23(28)25-21-9-5-2-6-10-21/h1-14,24H,15-17H2,(H,25,28)/t24-/m1/s1. The summed E-state index contributed by atoms with van der Waals surface area (Å²) >= 11 is 1.64. The zero-order chi connectivity index (χ0) is 20.1. The van der Waals surface area contributed by atoms with Crippen molar-refractivity contribution in [3.8, 4) is 0 Å². The van der Waals surface area contributed by atoms with Gasteiger partial charge in [-0.15, -0.1) is 11.8 Å². The van der Waals surface area contributed by atoms with Crippen molar-refractivity contribution in [3.63, 3.8) is 0 Å². The van der Waals surface area contributed by atoms with E-state index >= 15 is 0 Å². The van der Waals surface area contributed by atoms with E-state index in [1.54, 1.807) is 11.8 Å². The van der Waals surface area contributed by atoms with Crippen LogP contribution >= 0.6 is 11.8 Å². The Hall–Kier alpha value is -3.05. The Balaban J connectivity index is 1.43. The van der Waals surface area contributed by atoms with Gasteiger partial charge in [-0.3, -0.25) is 9.59 Å². The average molecular weight is 403 g/mol. The summed E-state index contributed by atoms with van der Waals surface area (Å²) in [7, 11) is 0. The molecule has 4 nitrogen and oxygen atoms in total. The molecule has 3 aromatic rings. The molecule has 2 amide bonds. The third kappa shape index (κ3) is 4.69. The van der Waals surface area contributed by atoms with Crippen molar-refractivity contribution in [1.29, 1.82) is 0 Å². The summed E-state index contributed by atoms with van der Waals surface area (Å²) in [5.41, 5.74) is 3.64. The van der Waals surface area contributed by atoms with Crippen molar-refractivity contribution in [1.82, 2.24) is 4.90 Å². The second-order valence-corrected chi connectivity index (χ2v) is 8.00. The number of carbonyl (C=O) groups is 2. The molecule has 1 aliphatic heterocycles. The third-order valence-electron chi connectivity index (χ3n) is 4.94. The molecule has 1 N–H and O–H groups in total. The van der Waals surface area contributed by atoms with E-state index in [-0.39, 0.29) is 17.2 Å². The van der Waals surface area contributed by atoms with E-state index in [4.69, 9.17) is 0 Å². The van der Waals surface area contributed by atoms with Gasteiger partial charge < -0.3 is 10.2 Å². The van der Waals surface area contributed by atoms with E-state index in [1.807, 2.05) is 77.7 Å². The Morgan fingerprint density at radius 2 is 1.59 bits per heavy atom. The van der Waals surface area contributed by atoms with Crippen LogP contribution in [0.25, 0.3) is 0 Å². The van der Waals surface area contributed by atoms with Crippen molar-refractivity contribution in [2.24, 2.45) is 0 Å². The molecule has 0 spiro atoms. The second kappa shape index (κ2) is 8.97. The molecule has 3 aromatic carbocycles. The average Bonchev–Trinajstić information content (AvgIpc) is 3.14. The highest BCUT2D eigenvalue weighted by Gasteiger charge is 2.32. The summed E-state index contributed by atoms with van der Waals surface area (Å²) in [6, 6.07) is 27.2. The van der Waals surface area contributed by atoms with Crippen molar-refractivity contribution < 1.29 is 9.59 Å². The first kappa shape index (κ1) is 19.3. The quantitative estimate of drug-likeness (QED) is 0.647. The van der Waals surface area contributed by atoms with Gasteiger partial charge in [0.25, 0.3) is 5.91 Å². The van der Waals surface area contributed by atoms with Gasteiger partial charge in [-0.2, -0.15) is 0 Å². The van der Waals surface area contributed by atoms with Crippen LogP contribution in [0.15, 0.2) is 84.9 Å². The fourth-order valence-electron chi connectivity index (χ4n) is 3.39. The molecule has 0 radical (unpaired) electrons. The molecule has 0 unspecified atom stereocenters. The minimum absolute atomic E-state index is 0.00236. The van der Waals surface area contributed by atoms with Gasteiger partial charge in [0.1, 0.15) is 5.37 Å². The third-order valence-corrected chi connectivity index (χ3v) is 6.20. The van der Waals surface area contributed by atoms with E-state index in [2.05, 4.69) is 17.4 Å². The van der Waals surface area contributed by atoms with Crippen molar-refractivity contribution in [2.45, 2.75) is 11.8 Å². The van der Waals surface area contributed by atoms with Crippen LogP contribution in [-0.2, 0) is 11.2 Å². The number of para-hydroxylation sites is 1. The number of rotatable bonds is 6. The minimum atomic E-state index is -0.140. The predicted molar refractivity (Wildman–Crippen MR) is 118 cm³/mol. The van der Waals surface area contributed by atoms with Gasteiger partial charge in [-0.1, -0.05) is 60.7 Å². The van der Waals surface area contributed by atoms with Crippen LogP contribution < -0.4 is 5.32 Å². The molecule has 0 saturated carbocycles. The molecule has 1 aliphatic rings. The maximum absolute atomic E-state index is 12.4. The SMILES string of the molecule is O=C(Nc1ccccc1)c1ccc([C@H]2SCC(=O)N2CCc2ccccc2)cc1. The first-order valence-corrected chi connectivity index (χ1v) is 10.7. The molecule has 5 heteroatoms. The van der Waals surface area contributed by atoms with Crippen LogP contribution in [0.5, 0.6) is 0 Å². The second-order valence-electron chi connectivity index (χ2n) is 6.93. The zero-order valence-corrected chi connectivity index (χ0v) is 16.8. The van der Waals surface area contributed by atoms with Gasteiger partial charge >= 0.3 is 0 Å². The van der Waals surface area contributed by atoms with Crippen LogP contribution in [0, 0.1) is 0 Å². The molecule has 29 heavy (non-hydrogen) atoms.